The van der Waals surface area contributed by atoms with Gasteiger partial charge in [-0.25, -0.2) is 9.97 Å². The minimum absolute atomic E-state index is 0.713. The summed E-state index contributed by atoms with van der Waals surface area (Å²) in [4.78, 5) is 18.7. The average Bonchev–Trinajstić information content (AvgIpc) is 4.31. The molecule has 74 heavy (non-hydrogen) atoms. The van der Waals surface area contributed by atoms with Crippen molar-refractivity contribution < 1.29 is 14.2 Å². The molecule has 0 fully saturated rings. The Morgan fingerprint density at radius 2 is 0.635 bits per heavy atom. The lowest BCUT2D eigenvalue weighted by Crippen LogP contribution is -1.97. The zero-order chi connectivity index (χ0) is 50.7. The summed E-state index contributed by atoms with van der Waals surface area (Å²) in [5.74, 6) is 2.61. The Hall–Kier alpha value is -7.13. The van der Waals surface area contributed by atoms with Crippen molar-refractivity contribution in [2.24, 2.45) is 0 Å². The number of aromatic nitrogens is 6. The lowest BCUT2D eigenvalue weighted by atomic mass is 10.0. The minimum Gasteiger partial charge on any atom is -0.494 e. The highest BCUT2D eigenvalue weighted by Crippen LogP contribution is 2.39. The first kappa shape index (κ1) is 51.8. The molecule has 0 amide bonds. The number of benzene rings is 3. The molecule has 384 valence electrons. The van der Waals surface area contributed by atoms with Gasteiger partial charge in [-0.15, -0.1) is 0 Å². The van der Waals surface area contributed by atoms with Gasteiger partial charge >= 0.3 is 0 Å². The zero-order valence-electron chi connectivity index (χ0n) is 44.1. The number of hydrogen-bond donors (Lipinski definition) is 3. The van der Waals surface area contributed by atoms with Crippen LogP contribution in [0.15, 0.2) is 109 Å². The van der Waals surface area contributed by atoms with E-state index in [2.05, 4.69) is 162 Å². The Labute approximate surface area is 439 Å². The molecular weight excluding hydrogens is 913 g/mol. The Kier molecular flexibility index (Phi) is 18.7. The third-order valence-corrected chi connectivity index (χ3v) is 14.3. The third-order valence-electron chi connectivity index (χ3n) is 14.3. The molecule has 7 aromatic rings. The molecule has 0 saturated heterocycles. The predicted octanol–water partition coefficient (Wildman–Crippen LogP) is 18.3. The van der Waals surface area contributed by atoms with Crippen molar-refractivity contribution in [1.29, 1.82) is 0 Å². The summed E-state index contributed by atoms with van der Waals surface area (Å²) in [6.45, 7) is 8.92. The van der Waals surface area contributed by atoms with Crippen LogP contribution in [0.3, 0.4) is 0 Å². The summed E-state index contributed by atoms with van der Waals surface area (Å²) < 4.78 is 18.8. The van der Waals surface area contributed by atoms with E-state index < -0.39 is 0 Å². The average molecular weight is 989 g/mol. The SMILES string of the molecule is CCCCCCCCOc1ccc(-c2c3nc(c(-c4ccc(OCCCCCCCC)cc4)c4ccc([nH]4)c(-c4cn[nH]c4)c4nc(c(-c5ccc(OCCCCCCCC)cc5)c5ccc2[nH]5)C=C4)C=C3)cc1. The van der Waals surface area contributed by atoms with Crippen LogP contribution in [0.1, 0.15) is 159 Å². The summed E-state index contributed by atoms with van der Waals surface area (Å²) in [7, 11) is 0. The third kappa shape index (κ3) is 13.3. The number of H-pyrrole nitrogens is 3. The Balaban J connectivity index is 1.16. The highest BCUT2D eigenvalue weighted by atomic mass is 16.5. The lowest BCUT2D eigenvalue weighted by molar-refractivity contribution is 0.304. The number of aromatic amines is 3. The van der Waals surface area contributed by atoms with Crippen LogP contribution in [0.2, 0.25) is 0 Å². The summed E-state index contributed by atoms with van der Waals surface area (Å²) in [6.07, 6.45) is 34.4. The molecule has 3 aromatic carbocycles. The standard InChI is InChI=1S/C65H76N6O3/c1-4-7-10-13-16-19-42-72-51-28-22-47(23-29-51)62-54-34-36-56(68-54)63(48-24-30-52(31-25-48)73-43-20-17-14-11-8-5-2)58-38-40-60(70-58)65(50-45-66-67-46-50)61-41-39-59(71-61)64(57-37-35-55(62)69-57)49-26-32-53(33-27-49)74-44-21-18-15-12-9-6-3/h22-41,45-46,68,71H,4-21,42-44H2,1-3H3,(H,66,67). The summed E-state index contributed by atoms with van der Waals surface area (Å²) in [6, 6.07) is 34.1. The minimum atomic E-state index is 0.713. The van der Waals surface area contributed by atoms with Gasteiger partial charge in [0, 0.05) is 56.1 Å². The summed E-state index contributed by atoms with van der Waals surface area (Å²) in [5.41, 5.74) is 15.1. The van der Waals surface area contributed by atoms with Crippen LogP contribution >= 0.6 is 0 Å². The first-order valence-corrected chi connectivity index (χ1v) is 27.9. The number of ether oxygens (including phenoxy) is 3. The fraction of sp³-hybridized carbons (Fsp3) is 0.369. The summed E-state index contributed by atoms with van der Waals surface area (Å²) >= 11 is 0. The van der Waals surface area contributed by atoms with Gasteiger partial charge in [0.15, 0.2) is 0 Å². The first-order valence-electron chi connectivity index (χ1n) is 27.9. The van der Waals surface area contributed by atoms with Gasteiger partial charge in [0.25, 0.3) is 0 Å². The number of nitrogens with zero attached hydrogens (tertiary/aromatic N) is 3. The number of unbranched alkanes of at least 4 members (excludes halogenated alkanes) is 15. The van der Waals surface area contributed by atoms with Gasteiger partial charge in [-0.3, -0.25) is 5.10 Å². The van der Waals surface area contributed by atoms with Gasteiger partial charge in [0.1, 0.15) is 17.2 Å². The van der Waals surface area contributed by atoms with Crippen molar-refractivity contribution in [3.63, 3.8) is 0 Å². The van der Waals surface area contributed by atoms with Crippen LogP contribution in [-0.4, -0.2) is 50.0 Å². The maximum atomic E-state index is 6.29. The Morgan fingerprint density at radius 1 is 0.338 bits per heavy atom. The maximum Gasteiger partial charge on any atom is 0.119 e. The van der Waals surface area contributed by atoms with E-state index in [0.717, 1.165) is 126 Å². The molecule has 2 aliphatic heterocycles. The quantitative estimate of drug-likeness (QED) is 0.0421. The van der Waals surface area contributed by atoms with Gasteiger partial charge in [-0.2, -0.15) is 5.10 Å². The highest BCUT2D eigenvalue weighted by molar-refractivity contribution is 5.99. The molecule has 0 radical (unpaired) electrons. The van der Waals surface area contributed by atoms with Crippen molar-refractivity contribution in [2.75, 3.05) is 19.8 Å². The zero-order valence-corrected chi connectivity index (χ0v) is 44.1. The van der Waals surface area contributed by atoms with Crippen molar-refractivity contribution in [2.45, 2.75) is 136 Å². The van der Waals surface area contributed by atoms with Crippen LogP contribution in [0.5, 0.6) is 17.2 Å². The van der Waals surface area contributed by atoms with Crippen LogP contribution < -0.4 is 14.2 Å². The normalized spacial score (nSPS) is 11.9. The predicted molar refractivity (Wildman–Crippen MR) is 309 cm³/mol. The van der Waals surface area contributed by atoms with Gasteiger partial charge in [-0.05, 0) is 121 Å². The largest absolute Gasteiger partial charge is 0.494 e. The molecular formula is C65H76N6O3. The highest BCUT2D eigenvalue weighted by Gasteiger charge is 2.20. The Morgan fingerprint density at radius 3 is 0.932 bits per heavy atom. The van der Waals surface area contributed by atoms with Gasteiger partial charge in [0.05, 0.1) is 48.8 Å². The molecule has 9 rings (SSSR count). The van der Waals surface area contributed by atoms with E-state index in [4.69, 9.17) is 24.2 Å². The van der Waals surface area contributed by atoms with E-state index in [1.54, 1.807) is 0 Å². The molecule has 9 heteroatoms. The molecule has 6 heterocycles. The fourth-order valence-electron chi connectivity index (χ4n) is 10.2. The number of fused-ring (bicyclic) bond motifs is 8. The number of nitrogens with one attached hydrogen (secondary N) is 3. The molecule has 2 aliphatic rings. The maximum absolute atomic E-state index is 6.29. The molecule has 0 saturated carbocycles. The molecule has 0 unspecified atom stereocenters. The topological polar surface area (TPSA) is 114 Å². The van der Waals surface area contributed by atoms with Crippen molar-refractivity contribution >= 4 is 46.4 Å². The van der Waals surface area contributed by atoms with Crippen LogP contribution in [0.25, 0.3) is 90.9 Å². The number of hydrogen-bond acceptors (Lipinski definition) is 6. The first-order chi connectivity index (χ1) is 36.6. The Bertz CT molecular complexity index is 3030. The molecule has 0 aliphatic carbocycles. The van der Waals surface area contributed by atoms with E-state index in [0.29, 0.717) is 19.8 Å². The smallest absolute Gasteiger partial charge is 0.119 e. The van der Waals surface area contributed by atoms with Crippen LogP contribution in [0.4, 0.5) is 0 Å². The van der Waals surface area contributed by atoms with Crippen LogP contribution in [0, 0.1) is 0 Å². The fourth-order valence-corrected chi connectivity index (χ4v) is 10.2. The van der Waals surface area contributed by atoms with Crippen LogP contribution in [-0.2, 0) is 0 Å². The molecule has 9 nitrogen and oxygen atoms in total. The molecule has 0 spiro atoms. The van der Waals surface area contributed by atoms with E-state index in [1.807, 2.05) is 12.4 Å². The van der Waals surface area contributed by atoms with E-state index in [-0.39, 0.29) is 0 Å². The number of rotatable bonds is 28. The van der Waals surface area contributed by atoms with Gasteiger partial charge in [-0.1, -0.05) is 153 Å². The second kappa shape index (κ2) is 26.7. The van der Waals surface area contributed by atoms with Crippen molar-refractivity contribution in [3.05, 3.63) is 132 Å². The summed E-state index contributed by atoms with van der Waals surface area (Å²) in [5, 5.41) is 7.45. The second-order valence-corrected chi connectivity index (χ2v) is 19.9. The van der Waals surface area contributed by atoms with Gasteiger partial charge < -0.3 is 24.2 Å². The molecule has 8 bridgehead atoms. The van der Waals surface area contributed by atoms with E-state index in [1.165, 1.54) is 96.3 Å². The van der Waals surface area contributed by atoms with E-state index >= 15 is 0 Å². The molecule has 0 atom stereocenters. The van der Waals surface area contributed by atoms with Crippen molar-refractivity contribution in [3.8, 4) is 61.8 Å². The molecule has 3 N–H and O–H groups in total. The second-order valence-electron chi connectivity index (χ2n) is 19.9. The molecule has 4 aromatic heterocycles. The van der Waals surface area contributed by atoms with E-state index in [9.17, 15) is 0 Å². The van der Waals surface area contributed by atoms with Crippen molar-refractivity contribution in [1.82, 2.24) is 30.1 Å². The monoisotopic (exact) mass is 989 g/mol. The van der Waals surface area contributed by atoms with Gasteiger partial charge in [0.2, 0.25) is 0 Å². The lowest BCUT2D eigenvalue weighted by Gasteiger charge is -2.10.